The normalized spacial score (nSPS) is 15.4. The van der Waals surface area contributed by atoms with E-state index in [0.717, 1.165) is 25.0 Å². The number of hydrogen-bond acceptors (Lipinski definition) is 3. The molecule has 1 aromatic heterocycles. The number of hydrogen-bond donors (Lipinski definition) is 1. The molecule has 0 amide bonds. The maximum atomic E-state index is 9.61. The van der Waals surface area contributed by atoms with Crippen LogP contribution < -0.4 is 0 Å². The van der Waals surface area contributed by atoms with Crippen LogP contribution in [0.4, 0.5) is 0 Å². The first kappa shape index (κ1) is 11.7. The van der Waals surface area contributed by atoms with Crippen LogP contribution in [0.1, 0.15) is 37.3 Å². The first-order valence-corrected chi connectivity index (χ1v) is 6.10. The summed E-state index contributed by atoms with van der Waals surface area (Å²) in [6.07, 6.45) is 2.80. The van der Waals surface area contributed by atoms with Gasteiger partial charge in [-0.3, -0.25) is 0 Å². The fourth-order valence-corrected chi connectivity index (χ4v) is 2.32. The number of thiazole rings is 1. The van der Waals surface area contributed by atoms with E-state index >= 15 is 0 Å². The van der Waals surface area contributed by atoms with E-state index in [1.54, 1.807) is 11.3 Å². The minimum atomic E-state index is -0.150. The van der Waals surface area contributed by atoms with Crippen LogP contribution in [0.25, 0.3) is 0 Å². The lowest BCUT2D eigenvalue weighted by molar-refractivity contribution is 0.108. The molecule has 0 saturated heterocycles. The van der Waals surface area contributed by atoms with Crippen molar-refractivity contribution in [2.75, 3.05) is 0 Å². The van der Waals surface area contributed by atoms with E-state index in [0.29, 0.717) is 5.92 Å². The van der Waals surface area contributed by atoms with Crippen LogP contribution in [0.3, 0.4) is 0 Å². The third-order valence-corrected chi connectivity index (χ3v) is 3.74. The number of nitrogens with zero attached hydrogens (tertiary/aromatic N) is 1. The van der Waals surface area contributed by atoms with Gasteiger partial charge in [-0.05, 0) is 32.1 Å². The molecule has 0 saturated carbocycles. The summed E-state index contributed by atoms with van der Waals surface area (Å²) in [5.74, 6) is 0.390. The molecule has 0 aliphatic carbocycles. The van der Waals surface area contributed by atoms with Gasteiger partial charge in [-0.2, -0.15) is 0 Å². The Bertz CT molecular complexity index is 272. The highest BCUT2D eigenvalue weighted by Gasteiger charge is 2.12. The van der Waals surface area contributed by atoms with E-state index in [1.807, 2.05) is 19.4 Å². The highest BCUT2D eigenvalue weighted by Crippen LogP contribution is 2.19. The Morgan fingerprint density at radius 1 is 1.57 bits per heavy atom. The van der Waals surface area contributed by atoms with Gasteiger partial charge in [-0.1, -0.05) is 13.8 Å². The lowest BCUT2D eigenvalue weighted by Crippen LogP contribution is -2.16. The quantitative estimate of drug-likeness (QED) is 0.816. The highest BCUT2D eigenvalue weighted by molar-refractivity contribution is 7.09. The Hall–Kier alpha value is -0.410. The predicted molar refractivity (Wildman–Crippen MR) is 60.6 cm³/mol. The number of rotatable bonds is 5. The lowest BCUT2D eigenvalue weighted by Gasteiger charge is -2.16. The smallest absolute Gasteiger partial charge is 0.0797 e. The number of aryl methyl sites for hydroxylation is 2. The maximum absolute atomic E-state index is 9.61. The molecule has 0 aliphatic rings. The van der Waals surface area contributed by atoms with E-state index in [1.165, 1.54) is 4.88 Å². The van der Waals surface area contributed by atoms with Crippen molar-refractivity contribution >= 4 is 11.3 Å². The minimum Gasteiger partial charge on any atom is -0.393 e. The van der Waals surface area contributed by atoms with Crippen molar-refractivity contribution in [3.63, 3.8) is 0 Å². The zero-order valence-corrected chi connectivity index (χ0v) is 9.97. The topological polar surface area (TPSA) is 33.1 Å². The monoisotopic (exact) mass is 213 g/mol. The molecule has 3 heteroatoms. The van der Waals surface area contributed by atoms with Crippen LogP contribution in [0.15, 0.2) is 5.51 Å². The standard InChI is InChI=1S/C11H19NOS/c1-4-10(13)8(2)5-6-11-9(3)12-7-14-11/h7-8,10,13H,4-6H2,1-3H3. The van der Waals surface area contributed by atoms with Crippen molar-refractivity contribution in [3.05, 3.63) is 16.1 Å². The summed E-state index contributed by atoms with van der Waals surface area (Å²) in [5.41, 5.74) is 3.04. The van der Waals surface area contributed by atoms with Gasteiger partial charge in [0.05, 0.1) is 17.3 Å². The van der Waals surface area contributed by atoms with Crippen LogP contribution >= 0.6 is 11.3 Å². The molecule has 2 unspecified atom stereocenters. The SMILES string of the molecule is CCC(O)C(C)CCc1scnc1C. The summed E-state index contributed by atoms with van der Waals surface area (Å²) >= 11 is 1.72. The van der Waals surface area contributed by atoms with E-state index < -0.39 is 0 Å². The van der Waals surface area contributed by atoms with Gasteiger partial charge in [0.15, 0.2) is 0 Å². The van der Waals surface area contributed by atoms with Crippen molar-refractivity contribution in [2.24, 2.45) is 5.92 Å². The molecule has 0 fully saturated rings. The van der Waals surface area contributed by atoms with Crippen molar-refractivity contribution in [1.29, 1.82) is 0 Å². The number of aromatic nitrogens is 1. The van der Waals surface area contributed by atoms with Crippen molar-refractivity contribution < 1.29 is 5.11 Å². The average molecular weight is 213 g/mol. The van der Waals surface area contributed by atoms with Crippen molar-refractivity contribution in [3.8, 4) is 0 Å². The van der Waals surface area contributed by atoms with Crippen molar-refractivity contribution in [1.82, 2.24) is 4.98 Å². The Morgan fingerprint density at radius 2 is 2.29 bits per heavy atom. The molecule has 1 N–H and O–H groups in total. The molecule has 0 spiro atoms. The van der Waals surface area contributed by atoms with Crippen LogP contribution in [-0.2, 0) is 6.42 Å². The fourth-order valence-electron chi connectivity index (χ4n) is 1.52. The summed E-state index contributed by atoms with van der Waals surface area (Å²) < 4.78 is 0. The Labute approximate surface area is 90.0 Å². The fraction of sp³-hybridized carbons (Fsp3) is 0.727. The minimum absolute atomic E-state index is 0.150. The second-order valence-corrected chi connectivity index (χ2v) is 4.79. The highest BCUT2D eigenvalue weighted by atomic mass is 32.1. The Kier molecular flexibility index (Phi) is 4.55. The molecule has 0 aromatic carbocycles. The summed E-state index contributed by atoms with van der Waals surface area (Å²) in [5, 5.41) is 9.61. The van der Waals surface area contributed by atoms with Gasteiger partial charge in [0.25, 0.3) is 0 Å². The number of aliphatic hydroxyl groups is 1. The van der Waals surface area contributed by atoms with Crippen LogP contribution in [0.2, 0.25) is 0 Å². The molecule has 1 aromatic rings. The Balaban J connectivity index is 2.37. The van der Waals surface area contributed by atoms with Gasteiger partial charge in [-0.25, -0.2) is 4.98 Å². The largest absolute Gasteiger partial charge is 0.393 e. The van der Waals surface area contributed by atoms with Gasteiger partial charge >= 0.3 is 0 Å². The third kappa shape index (κ3) is 3.07. The first-order valence-electron chi connectivity index (χ1n) is 5.22. The summed E-state index contributed by atoms with van der Waals surface area (Å²) in [6, 6.07) is 0. The molecular weight excluding hydrogens is 194 g/mol. The zero-order valence-electron chi connectivity index (χ0n) is 9.16. The zero-order chi connectivity index (χ0) is 10.6. The van der Waals surface area contributed by atoms with Gasteiger partial charge in [-0.15, -0.1) is 11.3 Å². The molecule has 14 heavy (non-hydrogen) atoms. The van der Waals surface area contributed by atoms with Crippen LogP contribution in [0, 0.1) is 12.8 Å². The first-order chi connectivity index (χ1) is 6.65. The molecule has 0 aliphatic heterocycles. The molecule has 80 valence electrons. The molecule has 2 atom stereocenters. The van der Waals surface area contributed by atoms with Gasteiger partial charge < -0.3 is 5.11 Å². The number of aliphatic hydroxyl groups excluding tert-OH is 1. The molecule has 1 heterocycles. The summed E-state index contributed by atoms with van der Waals surface area (Å²) in [6.45, 7) is 6.19. The average Bonchev–Trinajstić information content (AvgIpc) is 2.59. The molecule has 1 rings (SSSR count). The van der Waals surface area contributed by atoms with Gasteiger partial charge in [0, 0.05) is 4.88 Å². The predicted octanol–water partition coefficient (Wildman–Crippen LogP) is 2.79. The molecule has 0 bridgehead atoms. The second-order valence-electron chi connectivity index (χ2n) is 3.85. The molecular formula is C11H19NOS. The molecule has 0 radical (unpaired) electrons. The van der Waals surface area contributed by atoms with E-state index in [4.69, 9.17) is 0 Å². The van der Waals surface area contributed by atoms with E-state index in [2.05, 4.69) is 11.9 Å². The van der Waals surface area contributed by atoms with Gasteiger partial charge in [0.2, 0.25) is 0 Å². The second kappa shape index (κ2) is 5.47. The maximum Gasteiger partial charge on any atom is 0.0797 e. The Morgan fingerprint density at radius 3 is 2.79 bits per heavy atom. The summed E-state index contributed by atoms with van der Waals surface area (Å²) in [4.78, 5) is 5.58. The van der Waals surface area contributed by atoms with E-state index in [-0.39, 0.29) is 6.10 Å². The third-order valence-electron chi connectivity index (χ3n) is 2.75. The van der Waals surface area contributed by atoms with Crippen LogP contribution in [-0.4, -0.2) is 16.2 Å². The van der Waals surface area contributed by atoms with Crippen molar-refractivity contribution in [2.45, 2.75) is 46.1 Å². The van der Waals surface area contributed by atoms with Gasteiger partial charge in [0.1, 0.15) is 0 Å². The summed E-state index contributed by atoms with van der Waals surface area (Å²) in [7, 11) is 0. The molecule has 2 nitrogen and oxygen atoms in total. The van der Waals surface area contributed by atoms with Crippen LogP contribution in [0.5, 0.6) is 0 Å². The lowest BCUT2D eigenvalue weighted by atomic mass is 9.97. The van der Waals surface area contributed by atoms with E-state index in [9.17, 15) is 5.11 Å².